The number of carbonyl (C=O) groups is 2. The van der Waals surface area contributed by atoms with Crippen molar-refractivity contribution in [2.45, 2.75) is 37.4 Å². The van der Waals surface area contributed by atoms with E-state index in [1.165, 1.54) is 6.08 Å². The predicted molar refractivity (Wildman–Crippen MR) is 168 cm³/mol. The van der Waals surface area contributed by atoms with E-state index in [0.717, 1.165) is 23.1 Å². The van der Waals surface area contributed by atoms with Crippen LogP contribution in [0.4, 0.5) is 5.69 Å². The molecule has 0 bridgehead atoms. The molecule has 0 aliphatic carbocycles. The molecule has 0 radical (unpaired) electrons. The van der Waals surface area contributed by atoms with E-state index in [1.54, 1.807) is 35.5 Å². The van der Waals surface area contributed by atoms with Crippen LogP contribution in [0.25, 0.3) is 22.3 Å². The summed E-state index contributed by atoms with van der Waals surface area (Å²) in [6, 6.07) is 8.59. The number of aromatic amines is 1. The van der Waals surface area contributed by atoms with Crippen LogP contribution in [-0.4, -0.2) is 74.9 Å². The van der Waals surface area contributed by atoms with Gasteiger partial charge in [-0.05, 0) is 81.9 Å². The topological polar surface area (TPSA) is 159 Å². The van der Waals surface area contributed by atoms with Crippen molar-refractivity contribution in [3.05, 3.63) is 83.6 Å². The number of likely N-dealkylation sites (tertiary alicyclic amines) is 1. The Morgan fingerprint density at radius 1 is 1.30 bits per heavy atom. The molecular weight excluding hydrogens is 566 g/mol. The summed E-state index contributed by atoms with van der Waals surface area (Å²) >= 11 is 6.53. The summed E-state index contributed by atoms with van der Waals surface area (Å²) in [6.45, 7) is 4.70. The Labute approximate surface area is 255 Å². The molecule has 11 nitrogen and oxygen atoms in total. The van der Waals surface area contributed by atoms with Crippen LogP contribution >= 0.6 is 11.6 Å². The second-order valence-corrected chi connectivity index (χ2v) is 11.4. The number of amides is 2. The van der Waals surface area contributed by atoms with E-state index in [4.69, 9.17) is 28.1 Å². The number of nitrogens with two attached hydrogens (primary N) is 2. The van der Waals surface area contributed by atoms with Gasteiger partial charge in [0.15, 0.2) is 0 Å². The minimum Gasteiger partial charge on any atom is -0.345 e. The van der Waals surface area contributed by atoms with Crippen LogP contribution in [0.1, 0.15) is 53.0 Å². The minimum atomic E-state index is -0.544. The molecule has 224 valence electrons. The summed E-state index contributed by atoms with van der Waals surface area (Å²) in [7, 11) is 3.93. The second kappa shape index (κ2) is 13.0. The highest BCUT2D eigenvalue weighted by Crippen LogP contribution is 2.35. The van der Waals surface area contributed by atoms with Crippen LogP contribution < -0.4 is 16.8 Å². The first-order valence-electron chi connectivity index (χ1n) is 14.2. The van der Waals surface area contributed by atoms with E-state index < -0.39 is 6.17 Å². The van der Waals surface area contributed by atoms with Gasteiger partial charge >= 0.3 is 0 Å². The van der Waals surface area contributed by atoms with Crippen molar-refractivity contribution in [3.63, 3.8) is 0 Å². The molecule has 2 amide bonds. The van der Waals surface area contributed by atoms with Crippen LogP contribution in [0.5, 0.6) is 0 Å². The summed E-state index contributed by atoms with van der Waals surface area (Å²) < 4.78 is 0. The molecular formula is C31H36ClN9O2. The molecule has 4 aromatic rings. The average Bonchev–Trinajstić information content (AvgIpc) is 3.44. The molecule has 4 heterocycles. The van der Waals surface area contributed by atoms with Gasteiger partial charge in [-0.1, -0.05) is 18.2 Å². The lowest BCUT2D eigenvalue weighted by atomic mass is 9.92. The van der Waals surface area contributed by atoms with Gasteiger partial charge in [-0.3, -0.25) is 9.59 Å². The minimum absolute atomic E-state index is 0.0510. The van der Waals surface area contributed by atoms with Crippen molar-refractivity contribution in [1.82, 2.24) is 29.7 Å². The lowest BCUT2D eigenvalue weighted by Crippen LogP contribution is -2.50. The Kier molecular flexibility index (Phi) is 9.16. The summed E-state index contributed by atoms with van der Waals surface area (Å²) in [6.07, 6.45) is 7.61. The fourth-order valence-corrected chi connectivity index (χ4v) is 5.61. The Bertz CT molecular complexity index is 1650. The zero-order chi connectivity index (χ0) is 30.7. The zero-order valence-electron chi connectivity index (χ0n) is 24.3. The highest BCUT2D eigenvalue weighted by atomic mass is 35.5. The van der Waals surface area contributed by atoms with Crippen molar-refractivity contribution >= 4 is 40.1 Å². The lowest BCUT2D eigenvalue weighted by molar-refractivity contribution is -0.111. The number of halogens is 1. The summed E-state index contributed by atoms with van der Waals surface area (Å²) in [5, 5.41) is 4.17. The number of nitrogens with one attached hydrogen (secondary N) is 2. The number of piperidine rings is 1. The molecule has 3 aromatic heterocycles. The third kappa shape index (κ3) is 6.60. The van der Waals surface area contributed by atoms with Gasteiger partial charge in [0.05, 0.1) is 16.9 Å². The second-order valence-electron chi connectivity index (χ2n) is 11.0. The molecule has 12 heteroatoms. The van der Waals surface area contributed by atoms with E-state index in [9.17, 15) is 9.59 Å². The van der Waals surface area contributed by atoms with E-state index in [0.29, 0.717) is 59.2 Å². The SMILES string of the molecule is C=CC(=O)Nc1ccc(C(=O)N2CCC(c3ncc(Cl)c(-c4c[nH]c5ncccc45)n3)CC2N)cc1C(N)CCN(C)C. The molecule has 0 spiro atoms. The first kappa shape index (κ1) is 30.3. The maximum absolute atomic E-state index is 13.7. The Morgan fingerprint density at radius 2 is 2.12 bits per heavy atom. The standard InChI is InChI=1S/C31H36ClN9O2/c1-4-27(42)38-25-8-7-19(14-21(25)24(33)10-12-40(2)3)31(43)41-13-9-18(15-26(41)34)29-37-17-23(32)28(39-29)22-16-36-30-20(22)6-5-11-35-30/h4-8,11,14,16-18,24,26H,1,9-10,12-13,15,33-34H2,2-3H3,(H,35,36)(H,38,42). The maximum atomic E-state index is 13.7. The molecule has 3 unspecified atom stereocenters. The summed E-state index contributed by atoms with van der Waals surface area (Å²) in [4.78, 5) is 46.3. The van der Waals surface area contributed by atoms with Crippen LogP contribution in [0, 0.1) is 0 Å². The number of pyridine rings is 1. The number of rotatable bonds is 9. The van der Waals surface area contributed by atoms with E-state index in [-0.39, 0.29) is 23.8 Å². The highest BCUT2D eigenvalue weighted by molar-refractivity contribution is 6.33. The van der Waals surface area contributed by atoms with Crippen molar-refractivity contribution in [3.8, 4) is 11.3 Å². The van der Waals surface area contributed by atoms with Crippen LogP contribution in [0.15, 0.2) is 61.6 Å². The van der Waals surface area contributed by atoms with Gasteiger partial charge in [-0.15, -0.1) is 0 Å². The number of fused-ring (bicyclic) bond motifs is 1. The number of aromatic nitrogens is 4. The smallest absolute Gasteiger partial charge is 0.255 e. The number of nitrogens with zero attached hydrogens (tertiary/aromatic N) is 5. The first-order valence-corrected chi connectivity index (χ1v) is 14.5. The quantitative estimate of drug-likeness (QED) is 0.209. The van der Waals surface area contributed by atoms with Crippen molar-refractivity contribution < 1.29 is 9.59 Å². The normalized spacial score (nSPS) is 17.7. The fraction of sp³-hybridized carbons (Fsp3) is 0.323. The van der Waals surface area contributed by atoms with E-state index >= 15 is 0 Å². The van der Waals surface area contributed by atoms with Gasteiger partial charge in [-0.2, -0.15) is 0 Å². The van der Waals surface area contributed by atoms with Gasteiger partial charge in [0.25, 0.3) is 5.91 Å². The molecule has 1 aliphatic heterocycles. The molecule has 43 heavy (non-hydrogen) atoms. The maximum Gasteiger partial charge on any atom is 0.255 e. The third-order valence-electron chi connectivity index (χ3n) is 7.77. The molecule has 6 N–H and O–H groups in total. The Hall–Kier alpha value is -4.16. The first-order chi connectivity index (χ1) is 20.7. The summed E-state index contributed by atoms with van der Waals surface area (Å²) in [5.74, 6) is 0.0392. The Balaban J connectivity index is 1.34. The van der Waals surface area contributed by atoms with Gasteiger partial charge in [0.2, 0.25) is 5.91 Å². The number of benzene rings is 1. The molecule has 1 fully saturated rings. The van der Waals surface area contributed by atoms with E-state index in [2.05, 4.69) is 26.8 Å². The number of hydrogen-bond donors (Lipinski definition) is 4. The van der Waals surface area contributed by atoms with Crippen molar-refractivity contribution in [2.24, 2.45) is 11.5 Å². The predicted octanol–water partition coefficient (Wildman–Crippen LogP) is 4.05. The Morgan fingerprint density at radius 3 is 2.86 bits per heavy atom. The molecule has 1 aromatic carbocycles. The van der Waals surface area contributed by atoms with Crippen LogP contribution in [0.3, 0.4) is 0 Å². The lowest BCUT2D eigenvalue weighted by Gasteiger charge is -2.37. The van der Waals surface area contributed by atoms with E-state index in [1.807, 2.05) is 37.3 Å². The van der Waals surface area contributed by atoms with Gasteiger partial charge in [-0.25, -0.2) is 15.0 Å². The number of carbonyl (C=O) groups excluding carboxylic acids is 2. The molecule has 1 aliphatic rings. The third-order valence-corrected chi connectivity index (χ3v) is 8.04. The van der Waals surface area contributed by atoms with Gasteiger partial charge in [0.1, 0.15) is 11.5 Å². The van der Waals surface area contributed by atoms with Crippen molar-refractivity contribution in [2.75, 3.05) is 32.5 Å². The molecule has 0 saturated carbocycles. The van der Waals surface area contributed by atoms with Crippen molar-refractivity contribution in [1.29, 1.82) is 0 Å². The zero-order valence-corrected chi connectivity index (χ0v) is 25.0. The van der Waals surface area contributed by atoms with Gasteiger partial charge < -0.3 is 31.6 Å². The molecule has 3 atom stereocenters. The summed E-state index contributed by atoms with van der Waals surface area (Å²) in [5.41, 5.74) is 17.0. The van der Waals surface area contributed by atoms with Crippen LogP contribution in [0.2, 0.25) is 5.02 Å². The number of hydrogen-bond acceptors (Lipinski definition) is 8. The van der Waals surface area contributed by atoms with Crippen LogP contribution in [-0.2, 0) is 4.79 Å². The highest BCUT2D eigenvalue weighted by Gasteiger charge is 2.33. The average molecular weight is 602 g/mol. The molecule has 5 rings (SSSR count). The largest absolute Gasteiger partial charge is 0.345 e. The van der Waals surface area contributed by atoms with Gasteiger partial charge in [0, 0.05) is 59.3 Å². The monoisotopic (exact) mass is 601 g/mol. The molecule has 1 saturated heterocycles. The number of H-pyrrole nitrogens is 1. The number of anilines is 1. The fourth-order valence-electron chi connectivity index (χ4n) is 5.42.